The number of hydrogen-bond donors (Lipinski definition) is 10. The number of carbonyl (C=O) groups is 3. The van der Waals surface area contributed by atoms with E-state index in [2.05, 4.69) is 40.5 Å². The molecule has 5 fully saturated rings. The van der Waals surface area contributed by atoms with Crippen LogP contribution in [0.3, 0.4) is 0 Å². The first-order chi connectivity index (χ1) is 51.4. The van der Waals surface area contributed by atoms with E-state index in [0.29, 0.717) is 90.6 Å². The van der Waals surface area contributed by atoms with Gasteiger partial charge in [0.05, 0.1) is 54.3 Å². The van der Waals surface area contributed by atoms with Crippen LogP contribution in [0.25, 0.3) is 0 Å². The molecule has 109 heavy (non-hydrogen) atoms. The number of amides is 1. The van der Waals surface area contributed by atoms with Crippen molar-refractivity contribution in [3.05, 3.63) is 123 Å². The van der Waals surface area contributed by atoms with Gasteiger partial charge < -0.3 is 88.0 Å². The number of nitrogens with two attached hydrogens (primary N) is 4. The third kappa shape index (κ3) is 23.0. The van der Waals surface area contributed by atoms with Crippen molar-refractivity contribution in [2.75, 3.05) is 106 Å². The number of halogens is 15. The molecule has 1 amide bonds. The zero-order valence-corrected chi connectivity index (χ0v) is 60.8. The number of piperidine rings is 4. The maximum absolute atomic E-state index is 14.4. The van der Waals surface area contributed by atoms with E-state index >= 15 is 0 Å². The molecule has 0 spiro atoms. The topological polar surface area (TPSA) is 372 Å². The quantitative estimate of drug-likeness (QED) is 0.0217. The van der Waals surface area contributed by atoms with E-state index in [-0.39, 0.29) is 118 Å². The molecule has 26 nitrogen and oxygen atoms in total. The fraction of sp³-hybridized carbons (Fsp3) is 0.515. The highest BCUT2D eigenvalue weighted by atomic mass is 35.5. The smallest absolute Gasteiger partial charge is 0.416 e. The summed E-state index contributed by atoms with van der Waals surface area (Å²) in [6.45, 7) is 5.96. The van der Waals surface area contributed by atoms with Crippen molar-refractivity contribution in [2.24, 2.45) is 11.7 Å². The Hall–Kier alpha value is -8.66. The molecule has 0 aliphatic carbocycles. The van der Waals surface area contributed by atoms with E-state index in [9.17, 15) is 87.5 Å². The van der Waals surface area contributed by atoms with Crippen molar-refractivity contribution in [3.8, 4) is 0 Å². The van der Waals surface area contributed by atoms with Gasteiger partial charge in [-0.15, -0.1) is 0 Å². The van der Waals surface area contributed by atoms with E-state index < -0.39 is 119 Å². The number of nitrogen functional groups attached to an aromatic ring is 3. The second-order valence-electron chi connectivity index (χ2n) is 26.1. The van der Waals surface area contributed by atoms with E-state index in [1.807, 2.05) is 0 Å². The number of hydrogen-bond acceptors (Lipinski definition) is 25. The van der Waals surface area contributed by atoms with E-state index in [0.717, 1.165) is 42.7 Å². The molecule has 11 rings (SSSR count). The molecule has 0 saturated carbocycles. The number of likely N-dealkylation sites (tertiary alicyclic amines) is 1. The van der Waals surface area contributed by atoms with Gasteiger partial charge in [-0.25, -0.2) is 39.5 Å². The van der Waals surface area contributed by atoms with Crippen LogP contribution in [-0.4, -0.2) is 187 Å². The normalized spacial score (nSPS) is 22.1. The standard InChI is InChI=1S/C24H30ClF4N5O3.C21H23ClF4N6O2.C14H15ClF3NO3.C9H14FN5O/c1-2-37-23(36)18(33-17-10-15(24(27,28)29)9-16(25)11-17)6-4-3-5-14-12-34(8-7-19(14)35)22-20(26)21(30)31-13-32-22;22-12-6-11(21(24,25)26)7-13(8-12)30-14-2-1-4-32(20(14)34)15-9-31(5-3-16(15)33)19-17(23)18(27)28-10-29-19;1-2-22-13(21)11-3-4-12(20)19(11)10-6-8(14(16,17)18)5-9(15)7-10;10-7-8(12)13-4-14-9(7)15-2-1-6(16)5(11)3-15/h9-11,13-14,18-19,33,35H,2-8,12H2,1H3,(H2,30,31,32);6-8,10,14-16,30,33H,1-5,9H2,(H2,27,28,29);5-7,11-12,20H,2-4H2,1H3;4-6,16H,1-3,11H2,(H2,12,13,14)/t14-,18+,19-;14-,15+,16+;11-,12?;5-,6-/m0110/s1. The summed E-state index contributed by atoms with van der Waals surface area (Å²) in [6.07, 6.45) is -8.52. The number of aliphatic hydroxyl groups is 4. The third-order valence-electron chi connectivity index (χ3n) is 18.5. The van der Waals surface area contributed by atoms with Crippen molar-refractivity contribution in [1.82, 2.24) is 34.8 Å². The van der Waals surface area contributed by atoms with Gasteiger partial charge in [0, 0.05) is 89.9 Å². The Morgan fingerprint density at radius 2 is 1.06 bits per heavy atom. The van der Waals surface area contributed by atoms with Gasteiger partial charge in [0.25, 0.3) is 0 Å². The monoisotopic (exact) mass is 1610 g/mol. The van der Waals surface area contributed by atoms with Crippen LogP contribution >= 0.6 is 34.8 Å². The molecule has 5 aliphatic heterocycles. The number of rotatable bonds is 18. The molecule has 8 heterocycles. The summed E-state index contributed by atoms with van der Waals surface area (Å²) in [6, 6.07) is 5.44. The van der Waals surface area contributed by atoms with Crippen LogP contribution in [0.1, 0.15) is 101 Å². The summed E-state index contributed by atoms with van der Waals surface area (Å²) in [5.41, 5.74) is 19.5. The van der Waals surface area contributed by atoms with E-state index in [1.165, 1.54) is 40.7 Å². The summed E-state index contributed by atoms with van der Waals surface area (Å²) in [5.74, 6) is -4.29. The molecule has 5 saturated heterocycles. The molecule has 41 heteroatoms. The van der Waals surface area contributed by atoms with Crippen LogP contribution in [0.2, 0.25) is 15.1 Å². The number of nitrogens with one attached hydrogen (secondary N) is 2. The predicted octanol–water partition coefficient (Wildman–Crippen LogP) is 9.88. The highest BCUT2D eigenvalue weighted by molar-refractivity contribution is 6.31. The minimum Gasteiger partial charge on any atom is -0.464 e. The third-order valence-corrected chi connectivity index (χ3v) is 19.1. The average Bonchev–Trinajstić information content (AvgIpc) is 1.36. The maximum atomic E-state index is 14.4. The first kappa shape index (κ1) is 85.9. The summed E-state index contributed by atoms with van der Waals surface area (Å²) >= 11 is 17.5. The van der Waals surface area contributed by atoms with Gasteiger partial charge in [-0.3, -0.25) is 4.79 Å². The molecular formula is C68H82Cl3F12N17O9. The first-order valence-electron chi connectivity index (χ1n) is 34.5. The Morgan fingerprint density at radius 3 is 1.58 bits per heavy atom. The molecule has 10 atom stereocenters. The number of benzene rings is 3. The fourth-order valence-electron chi connectivity index (χ4n) is 13.0. The van der Waals surface area contributed by atoms with Crippen molar-refractivity contribution >= 4 is 105 Å². The average molecular weight is 1620 g/mol. The van der Waals surface area contributed by atoms with Gasteiger partial charge in [-0.2, -0.15) is 52.7 Å². The summed E-state index contributed by atoms with van der Waals surface area (Å²) in [4.78, 5) is 67.9. The lowest BCUT2D eigenvalue weighted by Gasteiger charge is -2.45. The van der Waals surface area contributed by atoms with Gasteiger partial charge in [-0.1, -0.05) is 47.6 Å². The van der Waals surface area contributed by atoms with E-state index in [1.54, 1.807) is 28.5 Å². The van der Waals surface area contributed by atoms with Crippen LogP contribution < -0.4 is 53.2 Å². The van der Waals surface area contributed by atoms with Crippen LogP contribution in [0, 0.1) is 23.4 Å². The molecule has 0 bridgehead atoms. The second-order valence-corrected chi connectivity index (χ2v) is 27.4. The lowest BCUT2D eigenvalue weighted by atomic mass is 9.89. The van der Waals surface area contributed by atoms with Gasteiger partial charge in [0.2, 0.25) is 23.4 Å². The zero-order valence-electron chi connectivity index (χ0n) is 58.6. The second kappa shape index (κ2) is 37.8. The molecule has 5 aliphatic rings. The number of ether oxygens (including phenoxy) is 2. The van der Waals surface area contributed by atoms with Gasteiger partial charge in [-0.05, 0) is 126 Å². The lowest BCUT2D eigenvalue weighted by molar-refractivity contribution is -0.145. The van der Waals surface area contributed by atoms with Gasteiger partial charge in [0.1, 0.15) is 43.3 Å². The van der Waals surface area contributed by atoms with Crippen LogP contribution in [0.5, 0.6) is 0 Å². The number of carbonyl (C=O) groups excluding carboxylic acids is 3. The largest absolute Gasteiger partial charge is 0.464 e. The molecule has 1 unspecified atom stereocenters. The van der Waals surface area contributed by atoms with Crippen molar-refractivity contribution in [3.63, 3.8) is 0 Å². The molecule has 3 aromatic heterocycles. The van der Waals surface area contributed by atoms with Crippen LogP contribution in [0.15, 0.2) is 73.6 Å². The van der Waals surface area contributed by atoms with Crippen LogP contribution in [-0.2, 0) is 42.4 Å². The van der Waals surface area contributed by atoms with Crippen molar-refractivity contribution in [1.29, 1.82) is 0 Å². The summed E-state index contributed by atoms with van der Waals surface area (Å²) in [7, 11) is 0. The molecular weight excluding hydrogens is 1530 g/mol. The predicted molar refractivity (Wildman–Crippen MR) is 381 cm³/mol. The van der Waals surface area contributed by atoms with Crippen LogP contribution in [0.4, 0.5) is 105 Å². The number of alkyl halides is 9. The number of aromatic nitrogens is 6. The van der Waals surface area contributed by atoms with E-state index in [4.69, 9.17) is 67.2 Å². The Bertz CT molecular complexity index is 4080. The number of aliphatic hydroxyl groups excluding tert-OH is 4. The fourth-order valence-corrected chi connectivity index (χ4v) is 13.7. The Balaban J connectivity index is 0.000000191. The minimum absolute atomic E-state index is 0.0119. The molecule has 0 radical (unpaired) electrons. The maximum Gasteiger partial charge on any atom is 0.416 e. The number of anilines is 9. The van der Waals surface area contributed by atoms with Crippen molar-refractivity contribution < 1.29 is 97.0 Å². The molecule has 14 N–H and O–H groups in total. The minimum atomic E-state index is -4.59. The Kier molecular flexibility index (Phi) is 29.8. The SMILES string of the molecule is CCOC(=O)[C@@H](CCCC[C@H]1CN(c2ncnc(N)c2F)CC[C@@H]1O)Nc1cc(Cl)cc(C(F)(F)F)c1.CCOC(=O)[C@H]1CCC(O)N1c1cc(Cl)cc(C(F)(F)F)c1.Nc1ncnc(N2CC[C@H](O)[C@@H](N)C2)c1F.Nc1ncnc(N2CC[C@H](O)[C@@H](N3CCC[C@@H](Nc4cc(Cl)cc(C(F)(F)F)c4)C3=O)C2)c1F. The molecule has 3 aromatic carbocycles. The Labute approximate surface area is 632 Å². The summed E-state index contributed by atoms with van der Waals surface area (Å²) < 4.78 is 170. The van der Waals surface area contributed by atoms with Crippen molar-refractivity contribution in [2.45, 2.75) is 158 Å². The molecule has 598 valence electrons. The lowest BCUT2D eigenvalue weighted by Crippen LogP contribution is -2.61. The number of unbranched alkanes of at least 4 members (excludes halogenated alkanes) is 1. The van der Waals surface area contributed by atoms with Gasteiger partial charge >= 0.3 is 30.5 Å². The number of nitrogens with zero attached hydrogens (tertiary/aromatic N) is 11. The first-order valence-corrected chi connectivity index (χ1v) is 35.6. The highest BCUT2D eigenvalue weighted by Crippen LogP contribution is 2.40. The zero-order chi connectivity index (χ0) is 80.0. The summed E-state index contributed by atoms with van der Waals surface area (Å²) in [5, 5.41) is 45.9. The number of esters is 2. The Morgan fingerprint density at radius 1 is 0.578 bits per heavy atom. The highest BCUT2D eigenvalue weighted by Gasteiger charge is 2.43. The van der Waals surface area contributed by atoms with Gasteiger partial charge in [0.15, 0.2) is 34.9 Å². The molecule has 6 aromatic rings.